The molecule has 4 heteroatoms. The second-order valence-corrected chi connectivity index (χ2v) is 4.80. The second-order valence-electron chi connectivity index (χ2n) is 4.80. The Labute approximate surface area is 114 Å². The summed E-state index contributed by atoms with van der Waals surface area (Å²) in [5.41, 5.74) is 2.05. The van der Waals surface area contributed by atoms with Gasteiger partial charge in [0.15, 0.2) is 0 Å². The van der Waals surface area contributed by atoms with Crippen LogP contribution in [0.15, 0.2) is 24.3 Å². The minimum atomic E-state index is -0.357. The summed E-state index contributed by atoms with van der Waals surface area (Å²) >= 11 is 0. The lowest BCUT2D eigenvalue weighted by Crippen LogP contribution is -2.31. The van der Waals surface area contributed by atoms with Crippen molar-refractivity contribution < 1.29 is 14.3 Å². The summed E-state index contributed by atoms with van der Waals surface area (Å²) < 4.78 is 10.2. The number of carbonyl (C=O) groups is 1. The zero-order valence-electron chi connectivity index (χ0n) is 11.5. The molecular formula is C15H21NO3. The molecule has 0 saturated heterocycles. The topological polar surface area (TPSA) is 47.6 Å². The van der Waals surface area contributed by atoms with Crippen molar-refractivity contribution in [2.24, 2.45) is 0 Å². The van der Waals surface area contributed by atoms with Gasteiger partial charge in [0, 0.05) is 13.2 Å². The molecule has 1 unspecified atom stereocenters. The molecule has 0 amide bonds. The highest BCUT2D eigenvalue weighted by molar-refractivity contribution is 5.77. The Kier molecular flexibility index (Phi) is 4.93. The van der Waals surface area contributed by atoms with Gasteiger partial charge in [0.05, 0.1) is 13.2 Å². The number of hydrogen-bond acceptors (Lipinski definition) is 4. The van der Waals surface area contributed by atoms with Gasteiger partial charge >= 0.3 is 5.97 Å². The average molecular weight is 263 g/mol. The van der Waals surface area contributed by atoms with E-state index in [4.69, 9.17) is 9.47 Å². The predicted octanol–water partition coefficient (Wildman–Crippen LogP) is 2.19. The number of nitrogens with one attached hydrogen (secondary N) is 1. The van der Waals surface area contributed by atoms with Crippen LogP contribution >= 0.6 is 0 Å². The lowest BCUT2D eigenvalue weighted by atomic mass is 10.0. The summed E-state index contributed by atoms with van der Waals surface area (Å²) in [6, 6.07) is 7.99. The molecule has 0 heterocycles. The molecule has 0 radical (unpaired) electrons. The van der Waals surface area contributed by atoms with E-state index in [1.807, 2.05) is 31.2 Å². The van der Waals surface area contributed by atoms with Gasteiger partial charge in [-0.1, -0.05) is 24.3 Å². The lowest BCUT2D eigenvalue weighted by Gasteiger charge is -2.17. The lowest BCUT2D eigenvalue weighted by molar-refractivity contribution is -0.145. The Morgan fingerprint density at radius 3 is 2.58 bits per heavy atom. The molecule has 4 nitrogen and oxygen atoms in total. The summed E-state index contributed by atoms with van der Waals surface area (Å²) in [6.45, 7) is 2.82. The number of hydrogen-bond donors (Lipinski definition) is 1. The van der Waals surface area contributed by atoms with Crippen LogP contribution < -0.4 is 5.32 Å². The largest absolute Gasteiger partial charge is 0.465 e. The van der Waals surface area contributed by atoms with E-state index in [-0.39, 0.29) is 12.0 Å². The molecule has 1 aliphatic rings. The van der Waals surface area contributed by atoms with Crippen LogP contribution in [0.1, 0.15) is 36.9 Å². The molecule has 0 bridgehead atoms. The molecule has 2 rings (SSSR count). The van der Waals surface area contributed by atoms with Crippen molar-refractivity contribution >= 4 is 5.97 Å². The Morgan fingerprint density at radius 1 is 1.37 bits per heavy atom. The van der Waals surface area contributed by atoms with Gasteiger partial charge in [-0.25, -0.2) is 4.79 Å². The third-order valence-electron chi connectivity index (χ3n) is 3.13. The molecule has 0 aliphatic heterocycles. The number of methoxy groups -OCH3 is 1. The van der Waals surface area contributed by atoms with Crippen LogP contribution in [-0.2, 0) is 20.9 Å². The third kappa shape index (κ3) is 4.04. The number of carbonyl (C=O) groups excluding carboxylic acids is 1. The highest BCUT2D eigenvalue weighted by Crippen LogP contribution is 2.25. The van der Waals surface area contributed by atoms with Gasteiger partial charge in [0.1, 0.15) is 6.04 Å². The summed E-state index contributed by atoms with van der Waals surface area (Å²) in [6.07, 6.45) is 2.27. The Hall–Kier alpha value is -1.39. The minimum Gasteiger partial charge on any atom is -0.465 e. The van der Waals surface area contributed by atoms with Gasteiger partial charge < -0.3 is 9.47 Å². The van der Waals surface area contributed by atoms with Crippen molar-refractivity contribution in [3.63, 3.8) is 0 Å². The zero-order valence-corrected chi connectivity index (χ0v) is 11.5. The van der Waals surface area contributed by atoms with Gasteiger partial charge in [0.25, 0.3) is 0 Å². The SMILES string of the molecule is CCOC(=O)C(NC1CC1)c1ccc(COC)cc1. The smallest absolute Gasteiger partial charge is 0.327 e. The van der Waals surface area contributed by atoms with Crippen LogP contribution in [0.4, 0.5) is 0 Å². The van der Waals surface area contributed by atoms with E-state index in [0.29, 0.717) is 19.3 Å². The standard InChI is InChI=1S/C15H21NO3/c1-3-19-15(17)14(16-13-8-9-13)12-6-4-11(5-7-12)10-18-2/h4-7,13-14,16H,3,8-10H2,1-2H3. The van der Waals surface area contributed by atoms with E-state index in [1.54, 1.807) is 7.11 Å². The third-order valence-corrected chi connectivity index (χ3v) is 3.13. The maximum Gasteiger partial charge on any atom is 0.327 e. The van der Waals surface area contributed by atoms with Crippen molar-refractivity contribution in [2.75, 3.05) is 13.7 Å². The first kappa shape index (κ1) is 14.0. The van der Waals surface area contributed by atoms with Crippen molar-refractivity contribution in [1.82, 2.24) is 5.32 Å². The quantitative estimate of drug-likeness (QED) is 0.766. The van der Waals surface area contributed by atoms with Crippen molar-refractivity contribution in [3.05, 3.63) is 35.4 Å². The highest BCUT2D eigenvalue weighted by Gasteiger charge is 2.30. The number of ether oxygens (including phenoxy) is 2. The summed E-state index contributed by atoms with van der Waals surface area (Å²) in [4.78, 5) is 12.0. The first-order valence-corrected chi connectivity index (χ1v) is 6.75. The number of rotatable bonds is 7. The van der Waals surface area contributed by atoms with Crippen LogP contribution in [0.25, 0.3) is 0 Å². The fourth-order valence-electron chi connectivity index (χ4n) is 1.98. The van der Waals surface area contributed by atoms with Gasteiger partial charge in [-0.2, -0.15) is 0 Å². The summed E-state index contributed by atoms with van der Waals surface area (Å²) in [7, 11) is 1.67. The minimum absolute atomic E-state index is 0.200. The summed E-state index contributed by atoms with van der Waals surface area (Å²) in [5, 5.41) is 3.34. The highest BCUT2D eigenvalue weighted by atomic mass is 16.5. The molecule has 1 aliphatic carbocycles. The monoisotopic (exact) mass is 263 g/mol. The second kappa shape index (κ2) is 6.68. The molecule has 1 atom stereocenters. The van der Waals surface area contributed by atoms with Crippen LogP contribution in [0, 0.1) is 0 Å². The molecule has 1 fully saturated rings. The normalized spacial score (nSPS) is 16.1. The van der Waals surface area contributed by atoms with Gasteiger partial charge in [0.2, 0.25) is 0 Å². The van der Waals surface area contributed by atoms with Crippen LogP contribution in [-0.4, -0.2) is 25.7 Å². The molecule has 0 spiro atoms. The molecule has 1 aromatic rings. The summed E-state index contributed by atoms with van der Waals surface area (Å²) in [5.74, 6) is -0.200. The first-order valence-electron chi connectivity index (χ1n) is 6.75. The van der Waals surface area contributed by atoms with Gasteiger partial charge in [-0.05, 0) is 30.9 Å². The predicted molar refractivity (Wildman–Crippen MR) is 72.7 cm³/mol. The van der Waals surface area contributed by atoms with Crippen molar-refractivity contribution in [1.29, 1.82) is 0 Å². The fraction of sp³-hybridized carbons (Fsp3) is 0.533. The molecule has 1 aromatic carbocycles. The van der Waals surface area contributed by atoms with Crippen molar-refractivity contribution in [2.45, 2.75) is 38.5 Å². The maximum atomic E-state index is 12.0. The van der Waals surface area contributed by atoms with E-state index in [9.17, 15) is 4.79 Å². The Bertz CT molecular complexity index is 412. The van der Waals surface area contributed by atoms with Crippen LogP contribution in [0.3, 0.4) is 0 Å². The maximum absolute atomic E-state index is 12.0. The molecular weight excluding hydrogens is 242 g/mol. The van der Waals surface area contributed by atoms with Gasteiger partial charge in [-0.15, -0.1) is 0 Å². The average Bonchev–Trinajstić information content (AvgIpc) is 3.22. The molecule has 1 saturated carbocycles. The van der Waals surface area contributed by atoms with E-state index >= 15 is 0 Å². The molecule has 1 N–H and O–H groups in total. The first-order chi connectivity index (χ1) is 9.24. The fourth-order valence-corrected chi connectivity index (χ4v) is 1.98. The van der Waals surface area contributed by atoms with E-state index < -0.39 is 0 Å². The van der Waals surface area contributed by atoms with Gasteiger partial charge in [-0.3, -0.25) is 5.32 Å². The molecule has 104 valence electrons. The van der Waals surface area contributed by atoms with Crippen molar-refractivity contribution in [3.8, 4) is 0 Å². The number of esters is 1. The molecule has 19 heavy (non-hydrogen) atoms. The van der Waals surface area contributed by atoms with Crippen LogP contribution in [0.5, 0.6) is 0 Å². The van der Waals surface area contributed by atoms with E-state index in [2.05, 4.69) is 5.32 Å². The Balaban J connectivity index is 2.09. The number of benzene rings is 1. The zero-order chi connectivity index (χ0) is 13.7. The van der Waals surface area contributed by atoms with E-state index in [1.165, 1.54) is 0 Å². The van der Waals surface area contributed by atoms with E-state index in [0.717, 1.165) is 24.0 Å². The Morgan fingerprint density at radius 2 is 2.05 bits per heavy atom. The molecule has 0 aromatic heterocycles. The van der Waals surface area contributed by atoms with Crippen LogP contribution in [0.2, 0.25) is 0 Å².